The molecular formula is C11H14O. The summed E-state index contributed by atoms with van der Waals surface area (Å²) in [4.78, 5) is 0. The topological polar surface area (TPSA) is 20.2 Å². The summed E-state index contributed by atoms with van der Waals surface area (Å²) >= 11 is 0. The maximum atomic E-state index is 8.92. The van der Waals surface area contributed by atoms with E-state index in [9.17, 15) is 0 Å². The Kier molecular flexibility index (Phi) is 3.55. The standard InChI is InChI=1S/C11H14O/c1-2-10(9-12)8-11-6-4-3-5-7-11/h3-8,12H,2,9H2,1H3/b10-8+. The Bertz CT molecular complexity index is 243. The van der Waals surface area contributed by atoms with Crippen molar-refractivity contribution in [1.29, 1.82) is 0 Å². The predicted octanol–water partition coefficient (Wildman–Crippen LogP) is 2.47. The lowest BCUT2D eigenvalue weighted by atomic mass is 10.1. The molecule has 0 atom stereocenters. The van der Waals surface area contributed by atoms with Crippen molar-refractivity contribution in [1.82, 2.24) is 0 Å². The van der Waals surface area contributed by atoms with Gasteiger partial charge in [0.2, 0.25) is 0 Å². The summed E-state index contributed by atoms with van der Waals surface area (Å²) in [7, 11) is 0. The van der Waals surface area contributed by atoms with E-state index < -0.39 is 0 Å². The number of rotatable bonds is 3. The molecule has 0 amide bonds. The van der Waals surface area contributed by atoms with E-state index in [1.54, 1.807) is 0 Å². The minimum absolute atomic E-state index is 0.158. The Morgan fingerprint density at radius 1 is 1.33 bits per heavy atom. The van der Waals surface area contributed by atoms with E-state index in [0.717, 1.165) is 17.6 Å². The maximum Gasteiger partial charge on any atom is 0.0644 e. The first-order valence-corrected chi connectivity index (χ1v) is 4.22. The van der Waals surface area contributed by atoms with Crippen LogP contribution in [0.1, 0.15) is 18.9 Å². The zero-order chi connectivity index (χ0) is 8.81. The van der Waals surface area contributed by atoms with Gasteiger partial charge in [0.05, 0.1) is 6.61 Å². The highest BCUT2D eigenvalue weighted by Crippen LogP contribution is 2.08. The van der Waals surface area contributed by atoms with E-state index in [4.69, 9.17) is 5.11 Å². The Labute approximate surface area is 73.4 Å². The molecule has 1 aromatic rings. The van der Waals surface area contributed by atoms with Crippen molar-refractivity contribution < 1.29 is 5.11 Å². The number of hydrogen-bond acceptors (Lipinski definition) is 1. The Morgan fingerprint density at radius 2 is 2.00 bits per heavy atom. The van der Waals surface area contributed by atoms with Gasteiger partial charge in [-0.3, -0.25) is 0 Å². The lowest BCUT2D eigenvalue weighted by Gasteiger charge is -1.98. The van der Waals surface area contributed by atoms with Crippen molar-refractivity contribution in [3.05, 3.63) is 41.5 Å². The minimum atomic E-state index is 0.158. The van der Waals surface area contributed by atoms with Crippen molar-refractivity contribution in [3.63, 3.8) is 0 Å². The molecule has 0 aliphatic carbocycles. The van der Waals surface area contributed by atoms with E-state index in [1.807, 2.05) is 43.3 Å². The third-order valence-electron chi connectivity index (χ3n) is 1.83. The van der Waals surface area contributed by atoms with Crippen molar-refractivity contribution >= 4 is 6.08 Å². The zero-order valence-electron chi connectivity index (χ0n) is 7.33. The smallest absolute Gasteiger partial charge is 0.0644 e. The van der Waals surface area contributed by atoms with Crippen LogP contribution in [-0.4, -0.2) is 11.7 Å². The summed E-state index contributed by atoms with van der Waals surface area (Å²) < 4.78 is 0. The van der Waals surface area contributed by atoms with Crippen LogP contribution in [0.2, 0.25) is 0 Å². The molecule has 0 fully saturated rings. The summed E-state index contributed by atoms with van der Waals surface area (Å²) in [5.41, 5.74) is 2.23. The van der Waals surface area contributed by atoms with Crippen molar-refractivity contribution in [2.24, 2.45) is 0 Å². The molecule has 1 aromatic carbocycles. The monoisotopic (exact) mass is 162 g/mol. The summed E-state index contributed by atoms with van der Waals surface area (Å²) in [6.45, 7) is 2.20. The van der Waals surface area contributed by atoms with Crippen LogP contribution >= 0.6 is 0 Å². The molecule has 0 saturated heterocycles. The van der Waals surface area contributed by atoms with E-state index >= 15 is 0 Å². The SMILES string of the molecule is CC/C(=C\c1ccccc1)CO. The maximum absolute atomic E-state index is 8.92. The van der Waals surface area contributed by atoms with Crippen molar-refractivity contribution in [3.8, 4) is 0 Å². The first-order chi connectivity index (χ1) is 5.86. The fraction of sp³-hybridized carbons (Fsp3) is 0.273. The molecule has 0 saturated carbocycles. The quantitative estimate of drug-likeness (QED) is 0.724. The molecule has 0 heterocycles. The molecule has 12 heavy (non-hydrogen) atoms. The molecule has 0 aliphatic heterocycles. The molecule has 1 heteroatoms. The van der Waals surface area contributed by atoms with Gasteiger partial charge in [-0.15, -0.1) is 0 Å². The lowest BCUT2D eigenvalue weighted by molar-refractivity contribution is 0.329. The fourth-order valence-electron chi connectivity index (χ4n) is 1.04. The third-order valence-corrected chi connectivity index (χ3v) is 1.83. The Hall–Kier alpha value is -1.08. The molecule has 1 rings (SSSR count). The molecule has 0 aliphatic rings. The van der Waals surface area contributed by atoms with Crippen LogP contribution in [0.4, 0.5) is 0 Å². The molecule has 0 spiro atoms. The normalized spacial score (nSPS) is 11.7. The average molecular weight is 162 g/mol. The fourth-order valence-corrected chi connectivity index (χ4v) is 1.04. The zero-order valence-corrected chi connectivity index (χ0v) is 7.33. The van der Waals surface area contributed by atoms with Gasteiger partial charge in [-0.05, 0) is 17.6 Å². The van der Waals surface area contributed by atoms with Crippen LogP contribution in [-0.2, 0) is 0 Å². The Morgan fingerprint density at radius 3 is 2.50 bits per heavy atom. The highest BCUT2D eigenvalue weighted by molar-refractivity contribution is 5.52. The van der Waals surface area contributed by atoms with Crippen LogP contribution in [0.3, 0.4) is 0 Å². The lowest BCUT2D eigenvalue weighted by Crippen LogP contribution is -1.87. The van der Waals surface area contributed by atoms with Crippen LogP contribution in [0.5, 0.6) is 0 Å². The number of benzene rings is 1. The predicted molar refractivity (Wildman–Crippen MR) is 51.8 cm³/mol. The van der Waals surface area contributed by atoms with Gasteiger partial charge in [-0.25, -0.2) is 0 Å². The van der Waals surface area contributed by atoms with E-state index in [-0.39, 0.29) is 6.61 Å². The van der Waals surface area contributed by atoms with Crippen LogP contribution in [0, 0.1) is 0 Å². The highest BCUT2D eigenvalue weighted by Gasteiger charge is 1.91. The van der Waals surface area contributed by atoms with Gasteiger partial charge >= 0.3 is 0 Å². The number of aliphatic hydroxyl groups is 1. The molecule has 0 aromatic heterocycles. The second kappa shape index (κ2) is 4.73. The second-order valence-corrected chi connectivity index (χ2v) is 2.72. The largest absolute Gasteiger partial charge is 0.392 e. The van der Waals surface area contributed by atoms with Crippen molar-refractivity contribution in [2.45, 2.75) is 13.3 Å². The molecule has 1 N–H and O–H groups in total. The first-order valence-electron chi connectivity index (χ1n) is 4.22. The van der Waals surface area contributed by atoms with Gasteiger partial charge < -0.3 is 5.11 Å². The highest BCUT2D eigenvalue weighted by atomic mass is 16.3. The summed E-state index contributed by atoms with van der Waals surface area (Å²) in [6.07, 6.45) is 2.94. The summed E-state index contributed by atoms with van der Waals surface area (Å²) in [5.74, 6) is 0. The van der Waals surface area contributed by atoms with Gasteiger partial charge in [0, 0.05) is 0 Å². The van der Waals surface area contributed by atoms with Crippen LogP contribution in [0.25, 0.3) is 6.08 Å². The molecular weight excluding hydrogens is 148 g/mol. The van der Waals surface area contributed by atoms with Crippen molar-refractivity contribution in [2.75, 3.05) is 6.61 Å². The van der Waals surface area contributed by atoms with Crippen LogP contribution < -0.4 is 0 Å². The summed E-state index contributed by atoms with van der Waals surface area (Å²) in [6, 6.07) is 10.0. The first kappa shape index (κ1) is 9.01. The van der Waals surface area contributed by atoms with Gasteiger partial charge in [-0.2, -0.15) is 0 Å². The van der Waals surface area contributed by atoms with E-state index in [0.29, 0.717) is 0 Å². The minimum Gasteiger partial charge on any atom is -0.392 e. The molecule has 1 nitrogen and oxygen atoms in total. The number of aliphatic hydroxyl groups excluding tert-OH is 1. The van der Waals surface area contributed by atoms with Gasteiger partial charge in [-0.1, -0.05) is 43.3 Å². The van der Waals surface area contributed by atoms with Gasteiger partial charge in [0.15, 0.2) is 0 Å². The number of hydrogen-bond donors (Lipinski definition) is 1. The van der Waals surface area contributed by atoms with Gasteiger partial charge in [0.25, 0.3) is 0 Å². The van der Waals surface area contributed by atoms with Gasteiger partial charge in [0.1, 0.15) is 0 Å². The average Bonchev–Trinajstić information content (AvgIpc) is 2.16. The van der Waals surface area contributed by atoms with E-state index in [1.165, 1.54) is 0 Å². The third kappa shape index (κ3) is 2.51. The summed E-state index contributed by atoms with van der Waals surface area (Å²) in [5, 5.41) is 8.92. The molecule has 0 radical (unpaired) electrons. The molecule has 64 valence electrons. The second-order valence-electron chi connectivity index (χ2n) is 2.72. The molecule has 0 bridgehead atoms. The Balaban J connectivity index is 2.79. The van der Waals surface area contributed by atoms with Crippen LogP contribution in [0.15, 0.2) is 35.9 Å². The van der Waals surface area contributed by atoms with E-state index in [2.05, 4.69) is 0 Å². The molecule has 0 unspecified atom stereocenters.